The normalized spacial score (nSPS) is 17.8. The lowest BCUT2D eigenvalue weighted by atomic mass is 9.93. The van der Waals surface area contributed by atoms with Gasteiger partial charge in [0.15, 0.2) is 5.69 Å². The summed E-state index contributed by atoms with van der Waals surface area (Å²) in [4.78, 5) is 45.1. The molecule has 0 spiro atoms. The van der Waals surface area contributed by atoms with E-state index >= 15 is 0 Å². The molecule has 2 N–H and O–H groups in total. The molecular formula is C24H32FN5O3. The van der Waals surface area contributed by atoms with E-state index in [1.165, 1.54) is 18.5 Å². The molecular weight excluding hydrogens is 425 g/mol. The lowest BCUT2D eigenvalue weighted by Gasteiger charge is -2.43. The Kier molecular flexibility index (Phi) is 7.50. The molecule has 0 aliphatic carbocycles. The van der Waals surface area contributed by atoms with Gasteiger partial charge in [-0.2, -0.15) is 0 Å². The molecule has 0 fully saturated rings. The lowest BCUT2D eigenvalue weighted by molar-refractivity contribution is -0.132. The van der Waals surface area contributed by atoms with Gasteiger partial charge in [0, 0.05) is 19.6 Å². The van der Waals surface area contributed by atoms with Crippen molar-refractivity contribution in [3.8, 4) is 0 Å². The van der Waals surface area contributed by atoms with E-state index < -0.39 is 17.4 Å². The van der Waals surface area contributed by atoms with E-state index in [0.717, 1.165) is 12.0 Å². The van der Waals surface area contributed by atoms with E-state index in [4.69, 9.17) is 0 Å². The molecule has 3 amide bonds. The van der Waals surface area contributed by atoms with Crippen molar-refractivity contribution >= 4 is 17.7 Å². The number of carbonyl (C=O) groups excluding carboxylic acids is 3. The van der Waals surface area contributed by atoms with Crippen molar-refractivity contribution in [1.82, 2.24) is 25.1 Å². The molecule has 1 aromatic carbocycles. The summed E-state index contributed by atoms with van der Waals surface area (Å²) in [5.41, 5.74) is -0.167. The van der Waals surface area contributed by atoms with E-state index in [9.17, 15) is 18.8 Å². The number of carbonyl (C=O) groups is 3. The number of halogens is 1. The van der Waals surface area contributed by atoms with Crippen LogP contribution in [-0.4, -0.2) is 50.8 Å². The van der Waals surface area contributed by atoms with E-state index in [1.54, 1.807) is 28.5 Å². The zero-order valence-electron chi connectivity index (χ0n) is 19.7. The van der Waals surface area contributed by atoms with Gasteiger partial charge in [-0.3, -0.25) is 14.4 Å². The Morgan fingerprint density at radius 1 is 1.21 bits per heavy atom. The van der Waals surface area contributed by atoms with E-state index in [1.807, 2.05) is 6.92 Å². The summed E-state index contributed by atoms with van der Waals surface area (Å²) >= 11 is 0. The SMILES string of the molecule is CCCN1C(=O)c2c(C(=O)NCc3ccc(F)cc3)ncn2C[C@@]1(C)C(=O)NCCC(C)C. The molecule has 0 saturated heterocycles. The quantitative estimate of drug-likeness (QED) is 0.605. The Labute approximate surface area is 193 Å². The van der Waals surface area contributed by atoms with Crippen LogP contribution < -0.4 is 10.6 Å². The molecule has 0 unspecified atom stereocenters. The molecule has 9 heteroatoms. The van der Waals surface area contributed by atoms with Crippen LogP contribution in [-0.2, 0) is 17.9 Å². The summed E-state index contributed by atoms with van der Waals surface area (Å²) in [5.74, 6) is -1.01. The van der Waals surface area contributed by atoms with Crippen molar-refractivity contribution in [2.24, 2.45) is 5.92 Å². The highest BCUT2D eigenvalue weighted by Crippen LogP contribution is 2.29. The molecule has 33 heavy (non-hydrogen) atoms. The number of benzene rings is 1. The summed E-state index contributed by atoms with van der Waals surface area (Å²) < 4.78 is 14.7. The summed E-state index contributed by atoms with van der Waals surface area (Å²) in [6.45, 7) is 9.16. The predicted octanol–water partition coefficient (Wildman–Crippen LogP) is 2.74. The summed E-state index contributed by atoms with van der Waals surface area (Å²) in [7, 11) is 0. The first kappa shape index (κ1) is 24.4. The van der Waals surface area contributed by atoms with Crippen LogP contribution in [0.25, 0.3) is 0 Å². The molecule has 1 aromatic heterocycles. The number of nitrogens with zero attached hydrogens (tertiary/aromatic N) is 3. The number of amides is 3. The molecule has 0 saturated carbocycles. The second kappa shape index (κ2) is 10.1. The highest BCUT2D eigenvalue weighted by Gasteiger charge is 2.48. The Morgan fingerprint density at radius 2 is 1.91 bits per heavy atom. The minimum absolute atomic E-state index is 0.0190. The molecule has 2 heterocycles. The smallest absolute Gasteiger partial charge is 0.273 e. The van der Waals surface area contributed by atoms with Gasteiger partial charge >= 0.3 is 0 Å². The van der Waals surface area contributed by atoms with Crippen molar-refractivity contribution in [3.05, 3.63) is 53.4 Å². The first-order valence-electron chi connectivity index (χ1n) is 11.4. The third-order valence-electron chi connectivity index (χ3n) is 5.88. The van der Waals surface area contributed by atoms with Crippen molar-refractivity contribution in [3.63, 3.8) is 0 Å². The second-order valence-electron chi connectivity index (χ2n) is 9.05. The van der Waals surface area contributed by atoms with Gasteiger partial charge < -0.3 is 20.1 Å². The van der Waals surface area contributed by atoms with E-state index in [2.05, 4.69) is 29.5 Å². The standard InChI is InChI=1S/C24H32FN5O3/c1-5-12-30-22(32)20-19(21(31)27-13-17-6-8-18(25)9-7-17)28-15-29(20)14-24(30,4)23(33)26-11-10-16(2)3/h6-9,15-16H,5,10-14H2,1-4H3,(H,26,33)(H,27,31)/t24-/m0/s1. The molecule has 178 valence electrons. The summed E-state index contributed by atoms with van der Waals surface area (Å²) in [5, 5.41) is 5.70. The van der Waals surface area contributed by atoms with Crippen LogP contribution in [0.1, 0.15) is 67.1 Å². The third kappa shape index (κ3) is 5.23. The Hall–Kier alpha value is -3.23. The maximum absolute atomic E-state index is 13.5. The lowest BCUT2D eigenvalue weighted by Crippen LogP contribution is -2.64. The first-order chi connectivity index (χ1) is 15.7. The Morgan fingerprint density at radius 3 is 2.55 bits per heavy atom. The Bertz CT molecular complexity index is 1020. The summed E-state index contributed by atoms with van der Waals surface area (Å²) in [6.07, 6.45) is 2.95. The monoisotopic (exact) mass is 457 g/mol. The maximum atomic E-state index is 13.5. The fourth-order valence-corrected chi connectivity index (χ4v) is 3.96. The number of hydrogen-bond donors (Lipinski definition) is 2. The highest BCUT2D eigenvalue weighted by molar-refractivity contribution is 6.07. The molecule has 2 aromatic rings. The molecule has 8 nitrogen and oxygen atoms in total. The van der Waals surface area contributed by atoms with Crippen LogP contribution in [0.15, 0.2) is 30.6 Å². The van der Waals surface area contributed by atoms with Crippen molar-refractivity contribution in [1.29, 1.82) is 0 Å². The van der Waals surface area contributed by atoms with E-state index in [0.29, 0.717) is 25.4 Å². The largest absolute Gasteiger partial charge is 0.354 e. The molecule has 1 aliphatic rings. The van der Waals surface area contributed by atoms with Crippen LogP contribution in [0.3, 0.4) is 0 Å². The van der Waals surface area contributed by atoms with E-state index in [-0.39, 0.29) is 36.2 Å². The minimum atomic E-state index is -1.08. The average molecular weight is 458 g/mol. The third-order valence-corrected chi connectivity index (χ3v) is 5.88. The summed E-state index contributed by atoms with van der Waals surface area (Å²) in [6, 6.07) is 5.80. The van der Waals surface area contributed by atoms with Crippen molar-refractivity contribution in [2.75, 3.05) is 13.1 Å². The minimum Gasteiger partial charge on any atom is -0.354 e. The van der Waals surface area contributed by atoms with Gasteiger partial charge in [0.2, 0.25) is 5.91 Å². The molecule has 1 aliphatic heterocycles. The van der Waals surface area contributed by atoms with Crippen LogP contribution >= 0.6 is 0 Å². The fraction of sp³-hybridized carbons (Fsp3) is 0.500. The zero-order chi connectivity index (χ0) is 24.2. The topological polar surface area (TPSA) is 96.3 Å². The molecule has 0 bridgehead atoms. The van der Waals surface area contributed by atoms with Crippen LogP contribution in [0, 0.1) is 11.7 Å². The first-order valence-corrected chi connectivity index (χ1v) is 11.4. The second-order valence-corrected chi connectivity index (χ2v) is 9.05. The number of fused-ring (bicyclic) bond motifs is 1. The van der Waals surface area contributed by atoms with Gasteiger partial charge in [-0.15, -0.1) is 0 Å². The number of hydrogen-bond acceptors (Lipinski definition) is 4. The van der Waals surface area contributed by atoms with Gasteiger partial charge in [-0.05, 0) is 43.4 Å². The number of nitrogens with one attached hydrogen (secondary N) is 2. The van der Waals surface area contributed by atoms with Gasteiger partial charge in [-0.25, -0.2) is 9.37 Å². The maximum Gasteiger partial charge on any atom is 0.273 e. The molecule has 3 rings (SSSR count). The number of rotatable bonds is 9. The molecule has 1 atom stereocenters. The van der Waals surface area contributed by atoms with Crippen LogP contribution in [0.5, 0.6) is 0 Å². The van der Waals surface area contributed by atoms with Gasteiger partial charge in [-0.1, -0.05) is 32.9 Å². The van der Waals surface area contributed by atoms with Crippen LogP contribution in [0.2, 0.25) is 0 Å². The zero-order valence-corrected chi connectivity index (χ0v) is 19.7. The van der Waals surface area contributed by atoms with Crippen molar-refractivity contribution in [2.45, 2.75) is 59.2 Å². The number of imidazole rings is 1. The highest BCUT2D eigenvalue weighted by atomic mass is 19.1. The van der Waals surface area contributed by atoms with Gasteiger partial charge in [0.05, 0.1) is 12.9 Å². The fourth-order valence-electron chi connectivity index (χ4n) is 3.96. The average Bonchev–Trinajstić information content (AvgIpc) is 3.19. The van der Waals surface area contributed by atoms with Crippen molar-refractivity contribution < 1.29 is 18.8 Å². The van der Waals surface area contributed by atoms with Gasteiger partial charge in [0.25, 0.3) is 11.8 Å². The predicted molar refractivity (Wildman–Crippen MR) is 122 cm³/mol. The Balaban J connectivity index is 1.81. The van der Waals surface area contributed by atoms with Crippen LogP contribution in [0.4, 0.5) is 4.39 Å². The van der Waals surface area contributed by atoms with Gasteiger partial charge in [0.1, 0.15) is 17.1 Å². The number of aromatic nitrogens is 2. The molecule has 0 radical (unpaired) electrons.